The maximum atomic E-state index is 13.5. The van der Waals surface area contributed by atoms with Crippen molar-refractivity contribution in [2.24, 2.45) is 5.92 Å². The molecule has 2 aromatic carbocycles. The highest BCUT2D eigenvalue weighted by Gasteiger charge is 2.30. The van der Waals surface area contributed by atoms with Crippen molar-refractivity contribution in [1.82, 2.24) is 10.2 Å². The number of carbonyl (C=O) groups excluding carboxylic acids is 2. The lowest BCUT2D eigenvalue weighted by molar-refractivity contribution is -0.139. The second kappa shape index (κ2) is 12.5. The molecule has 2 aromatic rings. The van der Waals surface area contributed by atoms with Crippen molar-refractivity contribution in [3.63, 3.8) is 0 Å². The zero-order chi connectivity index (χ0) is 26.3. The van der Waals surface area contributed by atoms with Crippen molar-refractivity contribution in [3.05, 3.63) is 58.1 Å². The number of anilines is 1. The number of carbonyl (C=O) groups is 2. The molecule has 11 heteroatoms. The topological polar surface area (TPSA) is 96.0 Å². The average molecular weight is 545 g/mol. The molecule has 1 unspecified atom stereocenters. The Balaban J connectivity index is 2.41. The van der Waals surface area contributed by atoms with Crippen LogP contribution in [0.25, 0.3) is 0 Å². The van der Waals surface area contributed by atoms with E-state index in [1.807, 2.05) is 13.8 Å². The summed E-state index contributed by atoms with van der Waals surface area (Å²) in [5.41, 5.74) is 0.870. The number of benzene rings is 2. The summed E-state index contributed by atoms with van der Waals surface area (Å²) in [6.45, 7) is 5.51. The van der Waals surface area contributed by atoms with Crippen molar-refractivity contribution in [3.8, 4) is 5.75 Å². The van der Waals surface area contributed by atoms with E-state index in [0.717, 1.165) is 16.1 Å². The van der Waals surface area contributed by atoms with Gasteiger partial charge in [-0.3, -0.25) is 13.9 Å². The average Bonchev–Trinajstić information content (AvgIpc) is 2.77. The molecule has 192 valence electrons. The number of methoxy groups -OCH3 is 1. The molecule has 2 rings (SSSR count). The predicted molar refractivity (Wildman–Crippen MR) is 140 cm³/mol. The maximum Gasteiger partial charge on any atom is 0.244 e. The Hall–Kier alpha value is -2.49. The van der Waals surface area contributed by atoms with Gasteiger partial charge in [0, 0.05) is 23.1 Å². The van der Waals surface area contributed by atoms with Gasteiger partial charge in [-0.05, 0) is 48.7 Å². The lowest BCUT2D eigenvalue weighted by Gasteiger charge is -2.31. The van der Waals surface area contributed by atoms with Crippen molar-refractivity contribution >= 4 is 50.7 Å². The van der Waals surface area contributed by atoms with Crippen LogP contribution in [0.5, 0.6) is 5.75 Å². The van der Waals surface area contributed by atoms with Crippen LogP contribution in [0.4, 0.5) is 5.69 Å². The Morgan fingerprint density at radius 1 is 1.06 bits per heavy atom. The van der Waals surface area contributed by atoms with Gasteiger partial charge < -0.3 is 15.0 Å². The number of nitrogens with zero attached hydrogens (tertiary/aromatic N) is 2. The molecule has 0 saturated carbocycles. The van der Waals surface area contributed by atoms with Crippen LogP contribution >= 0.6 is 23.2 Å². The zero-order valence-electron chi connectivity index (χ0n) is 20.4. The van der Waals surface area contributed by atoms with Crippen molar-refractivity contribution < 1.29 is 22.7 Å². The fourth-order valence-electron chi connectivity index (χ4n) is 3.30. The Bertz CT molecular complexity index is 1140. The molecule has 0 aliphatic carbocycles. The molecule has 0 aliphatic heterocycles. The Kier molecular flexibility index (Phi) is 10.2. The third-order valence-electron chi connectivity index (χ3n) is 5.15. The summed E-state index contributed by atoms with van der Waals surface area (Å²) in [5, 5.41) is 3.28. The van der Waals surface area contributed by atoms with Crippen molar-refractivity contribution in [2.45, 2.75) is 33.4 Å². The first-order chi connectivity index (χ1) is 16.3. The number of nitrogens with one attached hydrogen (secondary N) is 1. The van der Waals surface area contributed by atoms with Gasteiger partial charge in [0.25, 0.3) is 0 Å². The zero-order valence-corrected chi connectivity index (χ0v) is 22.7. The van der Waals surface area contributed by atoms with Gasteiger partial charge in [0.05, 0.1) is 19.1 Å². The molecule has 8 nitrogen and oxygen atoms in total. The fraction of sp³-hybridized carbons (Fsp3) is 0.417. The van der Waals surface area contributed by atoms with Crippen molar-refractivity contribution in [2.75, 3.05) is 30.8 Å². The highest BCUT2D eigenvalue weighted by molar-refractivity contribution is 7.92. The van der Waals surface area contributed by atoms with Crippen LogP contribution in [0.3, 0.4) is 0 Å². The summed E-state index contributed by atoms with van der Waals surface area (Å²) in [7, 11) is -2.35. The third-order valence-corrected chi connectivity index (χ3v) is 6.73. The second-order valence-corrected chi connectivity index (χ2v) is 11.4. The van der Waals surface area contributed by atoms with E-state index in [1.54, 1.807) is 31.2 Å². The van der Waals surface area contributed by atoms with E-state index in [0.29, 0.717) is 12.3 Å². The molecule has 0 fully saturated rings. The quantitative estimate of drug-likeness (QED) is 0.462. The summed E-state index contributed by atoms with van der Waals surface area (Å²) < 4.78 is 31.4. The van der Waals surface area contributed by atoms with E-state index in [2.05, 4.69) is 5.32 Å². The molecule has 35 heavy (non-hydrogen) atoms. The van der Waals surface area contributed by atoms with Crippen LogP contribution in [0.15, 0.2) is 42.5 Å². The number of halogens is 2. The summed E-state index contributed by atoms with van der Waals surface area (Å²) in [6.07, 6.45) is 0.986. The standard InChI is InChI=1S/C24H31Cl2N3O5S/c1-16(2)13-27-24(31)17(3)28(14-18-7-6-8-22(9-18)34-4)23(30)15-29(35(5,32)33)21-11-19(25)10-20(26)12-21/h6-12,16-17H,13-15H2,1-5H3,(H,27,31). The first-order valence-electron chi connectivity index (χ1n) is 11.0. The molecule has 0 radical (unpaired) electrons. The van der Waals surface area contributed by atoms with Crippen LogP contribution in [0.1, 0.15) is 26.3 Å². The minimum Gasteiger partial charge on any atom is -0.497 e. The number of hydrogen-bond acceptors (Lipinski definition) is 5. The monoisotopic (exact) mass is 543 g/mol. The van der Waals surface area contributed by atoms with Crippen LogP contribution < -0.4 is 14.4 Å². The van der Waals surface area contributed by atoms with E-state index in [4.69, 9.17) is 27.9 Å². The molecule has 0 heterocycles. The Morgan fingerprint density at radius 3 is 2.23 bits per heavy atom. The normalized spacial score (nSPS) is 12.2. The van der Waals surface area contributed by atoms with E-state index >= 15 is 0 Å². The van der Waals surface area contributed by atoms with Gasteiger partial charge in [-0.1, -0.05) is 49.2 Å². The molecule has 1 N–H and O–H groups in total. The number of sulfonamides is 1. The highest BCUT2D eigenvalue weighted by atomic mass is 35.5. The number of amides is 2. The number of ether oxygens (including phenoxy) is 1. The molecule has 1 atom stereocenters. The van der Waals surface area contributed by atoms with E-state index in [-0.39, 0.29) is 34.1 Å². The lowest BCUT2D eigenvalue weighted by atomic mass is 10.1. The molecule has 0 aromatic heterocycles. The molecule has 0 bridgehead atoms. The van der Waals surface area contributed by atoms with E-state index < -0.39 is 28.5 Å². The van der Waals surface area contributed by atoms with Crippen LogP contribution in [-0.4, -0.2) is 57.6 Å². The largest absolute Gasteiger partial charge is 0.497 e. The number of rotatable bonds is 11. The van der Waals surface area contributed by atoms with Gasteiger partial charge in [0.1, 0.15) is 18.3 Å². The molecule has 2 amide bonds. The fourth-order valence-corrected chi connectivity index (χ4v) is 4.65. The first kappa shape index (κ1) is 28.7. The minimum atomic E-state index is -3.88. The number of hydrogen-bond donors (Lipinski definition) is 1. The van der Waals surface area contributed by atoms with Gasteiger partial charge in [-0.25, -0.2) is 8.42 Å². The molecular weight excluding hydrogens is 513 g/mol. The van der Waals surface area contributed by atoms with Crippen molar-refractivity contribution in [1.29, 1.82) is 0 Å². The predicted octanol–water partition coefficient (Wildman–Crippen LogP) is 3.96. The van der Waals surface area contributed by atoms with Crippen LogP contribution in [-0.2, 0) is 26.2 Å². The molecule has 0 aliphatic rings. The molecular formula is C24H31Cl2N3O5S. The second-order valence-electron chi connectivity index (χ2n) is 8.59. The van der Waals surface area contributed by atoms with Gasteiger partial charge in [0.15, 0.2) is 0 Å². The lowest BCUT2D eigenvalue weighted by Crippen LogP contribution is -2.51. The molecule has 0 spiro atoms. The van der Waals surface area contributed by atoms with Gasteiger partial charge in [0.2, 0.25) is 21.8 Å². The highest BCUT2D eigenvalue weighted by Crippen LogP contribution is 2.27. The van der Waals surface area contributed by atoms with Crippen LogP contribution in [0, 0.1) is 5.92 Å². The van der Waals surface area contributed by atoms with Gasteiger partial charge in [-0.15, -0.1) is 0 Å². The van der Waals surface area contributed by atoms with E-state index in [9.17, 15) is 18.0 Å². The minimum absolute atomic E-state index is 0.0696. The SMILES string of the molecule is COc1cccc(CN(C(=O)CN(c2cc(Cl)cc(Cl)c2)S(C)(=O)=O)C(C)C(=O)NCC(C)C)c1. The van der Waals surface area contributed by atoms with E-state index in [1.165, 1.54) is 30.2 Å². The molecule has 0 saturated heterocycles. The Labute approximate surface area is 217 Å². The smallest absolute Gasteiger partial charge is 0.244 e. The third kappa shape index (κ3) is 8.59. The van der Waals surface area contributed by atoms with Crippen LogP contribution in [0.2, 0.25) is 10.0 Å². The summed E-state index contributed by atoms with van der Waals surface area (Å²) in [4.78, 5) is 27.7. The van der Waals surface area contributed by atoms with Gasteiger partial charge >= 0.3 is 0 Å². The van der Waals surface area contributed by atoms with Gasteiger partial charge in [-0.2, -0.15) is 0 Å². The summed E-state index contributed by atoms with van der Waals surface area (Å²) in [5.74, 6) is -0.0895. The maximum absolute atomic E-state index is 13.5. The Morgan fingerprint density at radius 2 is 1.69 bits per heavy atom. The summed E-state index contributed by atoms with van der Waals surface area (Å²) >= 11 is 12.1. The first-order valence-corrected chi connectivity index (χ1v) is 13.6. The summed E-state index contributed by atoms with van der Waals surface area (Å²) in [6, 6.07) is 10.5.